The van der Waals surface area contributed by atoms with Gasteiger partial charge in [0.15, 0.2) is 0 Å². The Kier molecular flexibility index (Phi) is 5.98. The average Bonchev–Trinajstić information content (AvgIpc) is 2.91. The fourth-order valence-corrected chi connectivity index (χ4v) is 4.97. The number of ether oxygens (including phenoxy) is 1. The number of amides is 2. The molecule has 1 heterocycles. The van der Waals surface area contributed by atoms with Crippen LogP contribution in [0.4, 0.5) is 5.69 Å². The van der Waals surface area contributed by atoms with E-state index in [-0.39, 0.29) is 22.9 Å². The first-order valence-corrected chi connectivity index (χ1v) is 11.1. The molecule has 4 nitrogen and oxygen atoms in total. The zero-order valence-electron chi connectivity index (χ0n) is 15.9. The van der Waals surface area contributed by atoms with E-state index in [4.69, 9.17) is 27.9 Å². The summed E-state index contributed by atoms with van der Waals surface area (Å²) in [5.41, 5.74) is 1.66. The number of nitrogens with zero attached hydrogens (tertiary/aromatic N) is 1. The molecule has 2 aliphatic carbocycles. The highest BCUT2D eigenvalue weighted by atomic mass is 35.5. The van der Waals surface area contributed by atoms with E-state index in [0.717, 1.165) is 38.5 Å². The molecule has 0 radical (unpaired) electrons. The summed E-state index contributed by atoms with van der Waals surface area (Å²) in [7, 11) is 0. The van der Waals surface area contributed by atoms with E-state index in [1.165, 1.54) is 24.2 Å². The second-order valence-electron chi connectivity index (χ2n) is 7.93. The molecule has 3 aliphatic rings. The van der Waals surface area contributed by atoms with Gasteiger partial charge in [-0.2, -0.15) is 0 Å². The van der Waals surface area contributed by atoms with Crippen LogP contribution in [0.3, 0.4) is 0 Å². The fourth-order valence-electron chi connectivity index (χ4n) is 4.45. The Morgan fingerprint density at radius 3 is 1.96 bits per heavy atom. The highest BCUT2D eigenvalue weighted by Crippen LogP contribution is 2.42. The molecule has 1 aromatic rings. The summed E-state index contributed by atoms with van der Waals surface area (Å²) in [5, 5.41) is 0.698. The van der Waals surface area contributed by atoms with Crippen LogP contribution in [0.15, 0.2) is 23.3 Å². The minimum Gasteiger partial charge on any atom is -0.489 e. The van der Waals surface area contributed by atoms with Crippen molar-refractivity contribution in [1.82, 2.24) is 0 Å². The maximum Gasteiger partial charge on any atom is 0.261 e. The summed E-state index contributed by atoms with van der Waals surface area (Å²) in [6.07, 6.45) is 11.3. The van der Waals surface area contributed by atoms with E-state index < -0.39 is 0 Å². The Bertz CT molecular complexity index is 797. The van der Waals surface area contributed by atoms with Crippen LogP contribution in [-0.2, 0) is 9.59 Å². The van der Waals surface area contributed by atoms with Crippen LogP contribution < -0.4 is 9.64 Å². The molecule has 2 amide bonds. The van der Waals surface area contributed by atoms with Gasteiger partial charge >= 0.3 is 0 Å². The predicted molar refractivity (Wildman–Crippen MR) is 111 cm³/mol. The van der Waals surface area contributed by atoms with Crippen molar-refractivity contribution in [3.05, 3.63) is 33.3 Å². The van der Waals surface area contributed by atoms with Crippen LogP contribution in [0, 0.1) is 0 Å². The third-order valence-electron chi connectivity index (χ3n) is 5.98. The largest absolute Gasteiger partial charge is 0.489 e. The number of carbonyl (C=O) groups excluding carboxylic acids is 2. The first kappa shape index (κ1) is 19.8. The van der Waals surface area contributed by atoms with Crippen molar-refractivity contribution >= 4 is 40.7 Å². The van der Waals surface area contributed by atoms with Gasteiger partial charge in [0.1, 0.15) is 5.75 Å². The van der Waals surface area contributed by atoms with Crippen molar-refractivity contribution < 1.29 is 14.3 Å². The van der Waals surface area contributed by atoms with Crippen LogP contribution in [0.2, 0.25) is 10.0 Å². The van der Waals surface area contributed by atoms with Crippen LogP contribution in [0.25, 0.3) is 0 Å². The van der Waals surface area contributed by atoms with Crippen LogP contribution in [-0.4, -0.2) is 17.9 Å². The lowest BCUT2D eigenvalue weighted by molar-refractivity contribution is -0.120. The molecule has 4 rings (SSSR count). The lowest BCUT2D eigenvalue weighted by Crippen LogP contribution is -2.32. The Labute approximate surface area is 175 Å². The summed E-state index contributed by atoms with van der Waals surface area (Å²) in [5.74, 6) is -0.00114. The Morgan fingerprint density at radius 2 is 1.36 bits per heavy atom. The second kappa shape index (κ2) is 8.46. The monoisotopic (exact) mass is 421 g/mol. The van der Waals surface area contributed by atoms with Gasteiger partial charge in [0.05, 0.1) is 21.8 Å². The molecule has 0 spiro atoms. The highest BCUT2D eigenvalue weighted by Gasteiger charge is 2.40. The summed E-state index contributed by atoms with van der Waals surface area (Å²) >= 11 is 12.8. The van der Waals surface area contributed by atoms with Gasteiger partial charge in [0.25, 0.3) is 11.8 Å². The molecule has 28 heavy (non-hydrogen) atoms. The van der Waals surface area contributed by atoms with Gasteiger partial charge in [-0.15, -0.1) is 0 Å². The molecule has 6 heteroatoms. The van der Waals surface area contributed by atoms with E-state index in [0.29, 0.717) is 40.4 Å². The van der Waals surface area contributed by atoms with Crippen LogP contribution >= 0.6 is 23.2 Å². The molecule has 0 N–H and O–H groups in total. The highest BCUT2D eigenvalue weighted by molar-refractivity contribution is 6.41. The van der Waals surface area contributed by atoms with Gasteiger partial charge in [-0.1, -0.05) is 42.5 Å². The number of imide groups is 1. The number of carbonyl (C=O) groups is 2. The van der Waals surface area contributed by atoms with E-state index in [1.807, 2.05) is 0 Å². The molecule has 1 aromatic carbocycles. The number of hydrogen-bond donors (Lipinski definition) is 0. The molecule has 150 valence electrons. The summed E-state index contributed by atoms with van der Waals surface area (Å²) in [6, 6.07) is 3.24. The number of hydrogen-bond acceptors (Lipinski definition) is 3. The summed E-state index contributed by atoms with van der Waals surface area (Å²) in [6.45, 7) is 0. The van der Waals surface area contributed by atoms with E-state index in [1.54, 1.807) is 12.1 Å². The van der Waals surface area contributed by atoms with Gasteiger partial charge in [0, 0.05) is 17.2 Å². The van der Waals surface area contributed by atoms with Crippen molar-refractivity contribution in [2.75, 3.05) is 4.90 Å². The van der Waals surface area contributed by atoms with Crippen LogP contribution in [0.1, 0.15) is 70.6 Å². The lowest BCUT2D eigenvalue weighted by Gasteiger charge is -2.24. The molecule has 1 saturated carbocycles. The van der Waals surface area contributed by atoms with E-state index in [2.05, 4.69) is 0 Å². The molecule has 1 fully saturated rings. The Hall–Kier alpha value is -1.52. The van der Waals surface area contributed by atoms with Gasteiger partial charge in [-0.05, 0) is 57.4 Å². The zero-order valence-corrected chi connectivity index (χ0v) is 17.4. The average molecular weight is 422 g/mol. The molecule has 0 bridgehead atoms. The minimum absolute atomic E-state index is 0.100. The smallest absolute Gasteiger partial charge is 0.261 e. The van der Waals surface area contributed by atoms with Crippen molar-refractivity contribution in [3.8, 4) is 5.75 Å². The first-order valence-electron chi connectivity index (χ1n) is 10.3. The van der Waals surface area contributed by atoms with Gasteiger partial charge < -0.3 is 4.74 Å². The number of anilines is 1. The molecule has 0 aromatic heterocycles. The third kappa shape index (κ3) is 3.81. The quantitative estimate of drug-likeness (QED) is 0.543. The molecule has 0 atom stereocenters. The van der Waals surface area contributed by atoms with E-state index in [9.17, 15) is 9.59 Å². The number of halogens is 2. The molecular weight excluding hydrogens is 397 g/mol. The standard InChI is InChI=1S/C22H25Cl2NO3/c23-17-12-18(24)20(28-14-8-4-2-1-3-5-9-14)13-19(17)25-21(26)15-10-6-7-11-16(15)22(25)27/h12-14H,1-11H2. The van der Waals surface area contributed by atoms with Gasteiger partial charge in [-0.25, -0.2) is 4.90 Å². The van der Waals surface area contributed by atoms with E-state index >= 15 is 0 Å². The topological polar surface area (TPSA) is 46.6 Å². The van der Waals surface area contributed by atoms with Crippen molar-refractivity contribution in [3.63, 3.8) is 0 Å². The molecular formula is C22H25Cl2NO3. The third-order valence-corrected chi connectivity index (χ3v) is 6.58. The van der Waals surface area contributed by atoms with Crippen molar-refractivity contribution in [1.29, 1.82) is 0 Å². The number of benzene rings is 1. The van der Waals surface area contributed by atoms with Gasteiger partial charge in [0.2, 0.25) is 0 Å². The lowest BCUT2D eigenvalue weighted by atomic mass is 9.93. The van der Waals surface area contributed by atoms with Gasteiger partial charge in [-0.3, -0.25) is 9.59 Å². The summed E-state index contributed by atoms with van der Waals surface area (Å²) in [4.78, 5) is 27.0. The predicted octanol–water partition coefficient (Wildman–Crippen LogP) is 6.23. The maximum atomic E-state index is 12.9. The molecule has 0 saturated heterocycles. The number of rotatable bonds is 3. The summed E-state index contributed by atoms with van der Waals surface area (Å²) < 4.78 is 6.21. The zero-order chi connectivity index (χ0) is 19.7. The fraction of sp³-hybridized carbons (Fsp3) is 0.545. The SMILES string of the molecule is O=C1C2=C(CCCC2)C(=O)N1c1cc(OC2CCCCCCC2)c(Cl)cc1Cl. The Balaban J connectivity index is 1.61. The minimum atomic E-state index is -0.249. The van der Waals surface area contributed by atoms with Crippen LogP contribution in [0.5, 0.6) is 5.75 Å². The molecule has 0 unspecified atom stereocenters. The van der Waals surface area contributed by atoms with Crippen molar-refractivity contribution in [2.24, 2.45) is 0 Å². The molecule has 1 aliphatic heterocycles. The first-order chi connectivity index (χ1) is 13.6. The normalized spacial score (nSPS) is 21.6. The second-order valence-corrected chi connectivity index (χ2v) is 8.74. The van der Waals surface area contributed by atoms with Crippen molar-refractivity contribution in [2.45, 2.75) is 76.7 Å². The Morgan fingerprint density at radius 1 is 0.786 bits per heavy atom. The maximum absolute atomic E-state index is 12.9.